The first-order chi connectivity index (χ1) is 10.3. The lowest BCUT2D eigenvalue weighted by molar-refractivity contribution is -0.117. The maximum atomic E-state index is 12.4. The summed E-state index contributed by atoms with van der Waals surface area (Å²) in [5.74, 6) is 2.53. The first kappa shape index (κ1) is 12.9. The normalized spacial score (nSPS) is 27.1. The van der Waals surface area contributed by atoms with Crippen molar-refractivity contribution in [3.63, 3.8) is 0 Å². The average molecular weight is 279 g/mol. The molecule has 4 rings (SSSR count). The van der Waals surface area contributed by atoms with Crippen LogP contribution in [0.3, 0.4) is 0 Å². The molecule has 3 atom stereocenters. The zero-order chi connectivity index (χ0) is 14.2. The number of hydrogen-bond donors (Lipinski definition) is 1. The van der Waals surface area contributed by atoms with Crippen molar-refractivity contribution in [1.82, 2.24) is 0 Å². The molecule has 2 nitrogen and oxygen atoms in total. The molecule has 0 radical (unpaired) electrons. The van der Waals surface area contributed by atoms with Gasteiger partial charge in [-0.05, 0) is 48.5 Å². The minimum atomic E-state index is 0.184. The van der Waals surface area contributed by atoms with Crippen LogP contribution in [0.1, 0.15) is 32.1 Å². The van der Waals surface area contributed by atoms with Gasteiger partial charge in [0.25, 0.3) is 0 Å². The molecule has 21 heavy (non-hydrogen) atoms. The lowest BCUT2D eigenvalue weighted by atomic mass is 9.86. The lowest BCUT2D eigenvalue weighted by Crippen LogP contribution is -2.20. The fraction of sp³-hybridized carbons (Fsp3) is 0.421. The zero-order valence-corrected chi connectivity index (χ0v) is 12.2. The van der Waals surface area contributed by atoms with E-state index in [0.29, 0.717) is 12.3 Å². The van der Waals surface area contributed by atoms with Crippen molar-refractivity contribution in [2.24, 2.45) is 17.8 Å². The third-order valence-corrected chi connectivity index (χ3v) is 5.40. The number of benzene rings is 2. The Balaban J connectivity index is 1.48. The fourth-order valence-electron chi connectivity index (χ4n) is 4.40. The van der Waals surface area contributed by atoms with Gasteiger partial charge in [0, 0.05) is 17.5 Å². The molecule has 3 unspecified atom stereocenters. The molecule has 108 valence electrons. The zero-order valence-electron chi connectivity index (χ0n) is 12.2. The third-order valence-electron chi connectivity index (χ3n) is 5.40. The molecule has 2 aliphatic rings. The van der Waals surface area contributed by atoms with E-state index in [-0.39, 0.29) is 5.91 Å². The highest BCUT2D eigenvalue weighted by atomic mass is 16.1. The molecule has 0 heterocycles. The van der Waals surface area contributed by atoms with Crippen LogP contribution in [0.5, 0.6) is 0 Å². The molecule has 0 aliphatic heterocycles. The topological polar surface area (TPSA) is 29.1 Å². The van der Waals surface area contributed by atoms with Crippen molar-refractivity contribution >= 4 is 22.4 Å². The van der Waals surface area contributed by atoms with E-state index in [4.69, 9.17) is 0 Å². The summed E-state index contributed by atoms with van der Waals surface area (Å²) < 4.78 is 0. The molecule has 1 amide bonds. The van der Waals surface area contributed by atoms with Crippen LogP contribution in [0.4, 0.5) is 5.69 Å². The van der Waals surface area contributed by atoms with E-state index in [1.807, 2.05) is 24.3 Å². The standard InChI is InChI=1S/C19H21NO/c21-19(12-16-11-13-8-9-15(16)10-13)20-18-7-3-5-14-4-1-2-6-17(14)18/h1-7,13,15-16H,8-12H2,(H,20,21). The number of carbonyl (C=O) groups excluding carboxylic acids is 1. The second kappa shape index (κ2) is 5.18. The van der Waals surface area contributed by atoms with E-state index in [1.165, 1.54) is 31.1 Å². The fourth-order valence-corrected chi connectivity index (χ4v) is 4.40. The Morgan fingerprint density at radius 1 is 1.05 bits per heavy atom. The van der Waals surface area contributed by atoms with Gasteiger partial charge in [-0.3, -0.25) is 4.79 Å². The number of anilines is 1. The van der Waals surface area contributed by atoms with Crippen molar-refractivity contribution in [3.8, 4) is 0 Å². The van der Waals surface area contributed by atoms with Crippen LogP contribution in [0.25, 0.3) is 10.8 Å². The first-order valence-electron chi connectivity index (χ1n) is 8.07. The highest BCUT2D eigenvalue weighted by Gasteiger charge is 2.40. The van der Waals surface area contributed by atoms with E-state index < -0.39 is 0 Å². The highest BCUT2D eigenvalue weighted by Crippen LogP contribution is 2.49. The van der Waals surface area contributed by atoms with Crippen LogP contribution in [-0.2, 0) is 4.79 Å². The maximum Gasteiger partial charge on any atom is 0.224 e. The molecule has 2 aromatic carbocycles. The summed E-state index contributed by atoms with van der Waals surface area (Å²) >= 11 is 0. The number of carbonyl (C=O) groups is 1. The van der Waals surface area contributed by atoms with E-state index in [0.717, 1.165) is 22.9 Å². The molecule has 2 bridgehead atoms. The van der Waals surface area contributed by atoms with Gasteiger partial charge in [0.1, 0.15) is 0 Å². The number of nitrogens with one attached hydrogen (secondary N) is 1. The van der Waals surface area contributed by atoms with Crippen molar-refractivity contribution in [3.05, 3.63) is 42.5 Å². The van der Waals surface area contributed by atoms with E-state index in [1.54, 1.807) is 0 Å². The quantitative estimate of drug-likeness (QED) is 0.873. The SMILES string of the molecule is O=C(CC1CC2CCC1C2)Nc1cccc2ccccc12. The largest absolute Gasteiger partial charge is 0.326 e. The molecular formula is C19H21NO. The summed E-state index contributed by atoms with van der Waals surface area (Å²) in [5, 5.41) is 5.43. The van der Waals surface area contributed by atoms with E-state index >= 15 is 0 Å². The Morgan fingerprint density at radius 2 is 1.90 bits per heavy atom. The van der Waals surface area contributed by atoms with Gasteiger partial charge in [0.2, 0.25) is 5.91 Å². The van der Waals surface area contributed by atoms with Crippen LogP contribution in [-0.4, -0.2) is 5.91 Å². The molecule has 1 N–H and O–H groups in total. The van der Waals surface area contributed by atoms with Gasteiger partial charge in [-0.1, -0.05) is 42.8 Å². The number of rotatable bonds is 3. The molecule has 2 heteroatoms. The predicted octanol–water partition coefficient (Wildman–Crippen LogP) is 4.60. The number of amides is 1. The number of hydrogen-bond acceptors (Lipinski definition) is 1. The second-order valence-corrected chi connectivity index (χ2v) is 6.71. The Bertz CT molecular complexity index is 673. The Kier molecular flexibility index (Phi) is 3.17. The van der Waals surface area contributed by atoms with Gasteiger partial charge in [-0.2, -0.15) is 0 Å². The average Bonchev–Trinajstić information content (AvgIpc) is 3.10. The Labute approximate surface area is 125 Å². The minimum Gasteiger partial charge on any atom is -0.326 e. The lowest BCUT2D eigenvalue weighted by Gasteiger charge is -2.21. The summed E-state index contributed by atoms with van der Waals surface area (Å²) in [4.78, 5) is 12.4. The van der Waals surface area contributed by atoms with Crippen LogP contribution >= 0.6 is 0 Å². The van der Waals surface area contributed by atoms with Gasteiger partial charge in [0.15, 0.2) is 0 Å². The van der Waals surface area contributed by atoms with Crippen molar-refractivity contribution < 1.29 is 4.79 Å². The molecule has 0 saturated heterocycles. The van der Waals surface area contributed by atoms with Gasteiger partial charge in [0.05, 0.1) is 0 Å². The summed E-state index contributed by atoms with van der Waals surface area (Å²) in [7, 11) is 0. The summed E-state index contributed by atoms with van der Waals surface area (Å²) in [5.41, 5.74) is 0.946. The van der Waals surface area contributed by atoms with Gasteiger partial charge >= 0.3 is 0 Å². The monoisotopic (exact) mass is 279 g/mol. The van der Waals surface area contributed by atoms with Crippen molar-refractivity contribution in [2.45, 2.75) is 32.1 Å². The summed E-state index contributed by atoms with van der Waals surface area (Å²) in [6.07, 6.45) is 6.08. The molecule has 2 fully saturated rings. The van der Waals surface area contributed by atoms with E-state index in [9.17, 15) is 4.79 Å². The van der Waals surface area contributed by atoms with Crippen LogP contribution in [0.15, 0.2) is 42.5 Å². The summed E-state index contributed by atoms with van der Waals surface area (Å²) in [6.45, 7) is 0. The highest BCUT2D eigenvalue weighted by molar-refractivity contribution is 6.02. The van der Waals surface area contributed by atoms with Crippen molar-refractivity contribution in [1.29, 1.82) is 0 Å². The van der Waals surface area contributed by atoms with Gasteiger partial charge in [-0.25, -0.2) is 0 Å². The predicted molar refractivity (Wildman–Crippen MR) is 86.1 cm³/mol. The molecule has 2 aromatic rings. The second-order valence-electron chi connectivity index (χ2n) is 6.71. The molecule has 0 spiro atoms. The molecular weight excluding hydrogens is 258 g/mol. The first-order valence-corrected chi connectivity index (χ1v) is 8.07. The minimum absolute atomic E-state index is 0.184. The van der Waals surface area contributed by atoms with Crippen LogP contribution in [0, 0.1) is 17.8 Å². The van der Waals surface area contributed by atoms with Crippen LogP contribution in [0.2, 0.25) is 0 Å². The van der Waals surface area contributed by atoms with Crippen molar-refractivity contribution in [2.75, 3.05) is 5.32 Å². The summed E-state index contributed by atoms with van der Waals surface area (Å²) in [6, 6.07) is 14.3. The number of fused-ring (bicyclic) bond motifs is 3. The smallest absolute Gasteiger partial charge is 0.224 e. The Hall–Kier alpha value is -1.83. The van der Waals surface area contributed by atoms with E-state index in [2.05, 4.69) is 23.5 Å². The van der Waals surface area contributed by atoms with Gasteiger partial charge in [-0.15, -0.1) is 0 Å². The maximum absolute atomic E-state index is 12.4. The third kappa shape index (κ3) is 2.44. The molecule has 2 saturated carbocycles. The molecule has 0 aromatic heterocycles. The molecule has 2 aliphatic carbocycles. The van der Waals surface area contributed by atoms with Crippen LogP contribution < -0.4 is 5.32 Å². The van der Waals surface area contributed by atoms with Gasteiger partial charge < -0.3 is 5.32 Å². The Morgan fingerprint density at radius 3 is 2.71 bits per heavy atom.